The topological polar surface area (TPSA) is 58.6 Å². The van der Waals surface area contributed by atoms with E-state index in [2.05, 4.69) is 5.32 Å². The van der Waals surface area contributed by atoms with Crippen molar-refractivity contribution in [1.82, 2.24) is 5.32 Å². The fourth-order valence-corrected chi connectivity index (χ4v) is 2.50. The molecule has 0 unspecified atom stereocenters. The van der Waals surface area contributed by atoms with Gasteiger partial charge in [0.25, 0.3) is 0 Å². The van der Waals surface area contributed by atoms with Gasteiger partial charge in [0, 0.05) is 16.0 Å². The molecule has 4 nitrogen and oxygen atoms in total. The van der Waals surface area contributed by atoms with Gasteiger partial charge in [-0.05, 0) is 12.1 Å². The number of phenolic OH excluding ortho intramolecular Hbond substituents is 1. The lowest BCUT2D eigenvalue weighted by atomic mass is 9.80. The quantitative estimate of drug-likeness (QED) is 0.822. The van der Waals surface area contributed by atoms with E-state index in [1.807, 2.05) is 13.8 Å². The van der Waals surface area contributed by atoms with Crippen LogP contribution in [0.2, 0.25) is 10.0 Å². The molecule has 1 saturated heterocycles. The number of hydrogen-bond donors (Lipinski definition) is 2. The zero-order valence-electron chi connectivity index (χ0n) is 10.4. The molecule has 0 aliphatic carbocycles. The van der Waals surface area contributed by atoms with Crippen LogP contribution in [0.25, 0.3) is 0 Å². The highest BCUT2D eigenvalue weighted by molar-refractivity contribution is 6.35. The van der Waals surface area contributed by atoms with E-state index in [-0.39, 0.29) is 35.2 Å². The summed E-state index contributed by atoms with van der Waals surface area (Å²) in [5.74, 6) is -0.0682. The van der Waals surface area contributed by atoms with Gasteiger partial charge in [0.1, 0.15) is 12.4 Å². The number of carbonyl (C=O) groups excluding carboxylic acids is 1. The molecule has 1 aliphatic heterocycles. The summed E-state index contributed by atoms with van der Waals surface area (Å²) in [7, 11) is 0. The lowest BCUT2D eigenvalue weighted by Gasteiger charge is -2.38. The van der Waals surface area contributed by atoms with E-state index in [9.17, 15) is 9.90 Å². The molecule has 1 fully saturated rings. The normalized spacial score (nSPS) is 21.1. The van der Waals surface area contributed by atoms with Gasteiger partial charge >= 0.3 is 6.09 Å². The lowest BCUT2D eigenvalue weighted by molar-refractivity contribution is 0.0381. The van der Waals surface area contributed by atoms with Gasteiger partial charge in [-0.15, -0.1) is 12.4 Å². The van der Waals surface area contributed by atoms with Crippen LogP contribution in [0, 0.1) is 5.41 Å². The highest BCUT2D eigenvalue weighted by Crippen LogP contribution is 2.43. The van der Waals surface area contributed by atoms with Crippen LogP contribution >= 0.6 is 35.6 Å². The number of alkyl carbamates (subject to hydrolysis) is 1. The number of amides is 1. The molecule has 0 bridgehead atoms. The van der Waals surface area contributed by atoms with E-state index in [1.54, 1.807) is 6.07 Å². The second-order valence-corrected chi connectivity index (χ2v) is 5.81. The fourth-order valence-electron chi connectivity index (χ4n) is 1.99. The number of hydrogen-bond acceptors (Lipinski definition) is 3. The molecule has 7 heteroatoms. The first kappa shape index (κ1) is 16.2. The van der Waals surface area contributed by atoms with Crippen LogP contribution in [0.5, 0.6) is 5.75 Å². The average Bonchev–Trinajstić information content (AvgIpc) is 2.27. The van der Waals surface area contributed by atoms with E-state index in [0.29, 0.717) is 10.6 Å². The number of cyclic esters (lactones) is 1. The minimum absolute atomic E-state index is 0. The SMILES string of the molecule is CC1(C)COC(=O)N[C@H]1c1cc(Cl)cc(Cl)c1O.Cl. The van der Waals surface area contributed by atoms with E-state index < -0.39 is 12.1 Å². The molecular weight excluding hydrogens is 312 g/mol. The molecule has 0 saturated carbocycles. The number of phenols is 1. The van der Waals surface area contributed by atoms with Crippen LogP contribution in [-0.4, -0.2) is 17.8 Å². The van der Waals surface area contributed by atoms with Crippen molar-refractivity contribution < 1.29 is 14.6 Å². The van der Waals surface area contributed by atoms with E-state index >= 15 is 0 Å². The third kappa shape index (κ3) is 3.19. The molecule has 1 aliphatic rings. The molecule has 1 amide bonds. The van der Waals surface area contributed by atoms with Gasteiger partial charge in [-0.25, -0.2) is 4.79 Å². The molecule has 2 rings (SSSR count). The predicted octanol–water partition coefficient (Wildman–Crippen LogP) is 3.93. The van der Waals surface area contributed by atoms with Gasteiger partial charge < -0.3 is 15.2 Å². The largest absolute Gasteiger partial charge is 0.506 e. The maximum absolute atomic E-state index is 11.3. The Morgan fingerprint density at radius 3 is 2.68 bits per heavy atom. The van der Waals surface area contributed by atoms with Crippen LogP contribution in [0.1, 0.15) is 25.5 Å². The summed E-state index contributed by atoms with van der Waals surface area (Å²) >= 11 is 11.8. The molecule has 1 aromatic carbocycles. The highest BCUT2D eigenvalue weighted by Gasteiger charge is 2.39. The third-order valence-corrected chi connectivity index (χ3v) is 3.49. The Hall–Kier alpha value is -0.840. The zero-order chi connectivity index (χ0) is 13.5. The first-order valence-corrected chi connectivity index (χ1v) is 6.18. The second kappa shape index (κ2) is 5.65. The molecule has 0 radical (unpaired) electrons. The van der Waals surface area contributed by atoms with Crippen molar-refractivity contribution >= 4 is 41.7 Å². The number of carbonyl (C=O) groups is 1. The van der Waals surface area contributed by atoms with Gasteiger partial charge in [-0.2, -0.15) is 0 Å². The summed E-state index contributed by atoms with van der Waals surface area (Å²) in [5.41, 5.74) is 0.119. The molecule has 1 aromatic rings. The van der Waals surface area contributed by atoms with Crippen molar-refractivity contribution in [1.29, 1.82) is 0 Å². The Morgan fingerprint density at radius 2 is 2.05 bits per heavy atom. The first-order chi connectivity index (χ1) is 8.31. The Balaban J connectivity index is 0.00000180. The van der Waals surface area contributed by atoms with Gasteiger partial charge in [0.05, 0.1) is 11.1 Å². The van der Waals surface area contributed by atoms with Crippen LogP contribution in [0.4, 0.5) is 4.79 Å². The molecular formula is C12H14Cl3NO3. The first-order valence-electron chi connectivity index (χ1n) is 5.42. The Morgan fingerprint density at radius 1 is 1.42 bits per heavy atom. The summed E-state index contributed by atoms with van der Waals surface area (Å²) < 4.78 is 4.95. The summed E-state index contributed by atoms with van der Waals surface area (Å²) in [6, 6.07) is 2.65. The Labute approximate surface area is 127 Å². The second-order valence-electron chi connectivity index (χ2n) is 4.97. The summed E-state index contributed by atoms with van der Waals surface area (Å²) in [4.78, 5) is 11.3. The van der Waals surface area contributed by atoms with Crippen LogP contribution in [0.3, 0.4) is 0 Å². The molecule has 2 N–H and O–H groups in total. The number of halogens is 3. The van der Waals surface area contributed by atoms with Crippen LogP contribution < -0.4 is 5.32 Å². The monoisotopic (exact) mass is 325 g/mol. The number of nitrogens with one attached hydrogen (secondary N) is 1. The average molecular weight is 327 g/mol. The van der Waals surface area contributed by atoms with E-state index in [4.69, 9.17) is 27.9 Å². The predicted molar refractivity (Wildman–Crippen MR) is 76.4 cm³/mol. The molecule has 19 heavy (non-hydrogen) atoms. The van der Waals surface area contributed by atoms with Gasteiger partial charge in [0.15, 0.2) is 0 Å². The van der Waals surface area contributed by atoms with Crippen molar-refractivity contribution in [2.75, 3.05) is 6.61 Å². The Kier molecular flexibility index (Phi) is 4.82. The molecule has 106 valence electrons. The van der Waals surface area contributed by atoms with Gasteiger partial charge in [-0.3, -0.25) is 0 Å². The smallest absolute Gasteiger partial charge is 0.407 e. The minimum atomic E-state index is -0.519. The number of ether oxygens (including phenoxy) is 1. The summed E-state index contributed by atoms with van der Waals surface area (Å²) in [6.07, 6.45) is -0.519. The number of rotatable bonds is 1. The Bertz CT molecular complexity index is 505. The van der Waals surface area contributed by atoms with E-state index in [1.165, 1.54) is 6.07 Å². The van der Waals surface area contributed by atoms with Gasteiger partial charge in [-0.1, -0.05) is 37.0 Å². The van der Waals surface area contributed by atoms with Gasteiger partial charge in [0.2, 0.25) is 0 Å². The maximum Gasteiger partial charge on any atom is 0.407 e. The lowest BCUT2D eigenvalue weighted by Crippen LogP contribution is -2.46. The molecule has 1 atom stereocenters. The van der Waals surface area contributed by atoms with Crippen molar-refractivity contribution in [3.63, 3.8) is 0 Å². The fraction of sp³-hybridized carbons (Fsp3) is 0.417. The third-order valence-electron chi connectivity index (χ3n) is 2.99. The van der Waals surface area contributed by atoms with Crippen LogP contribution in [-0.2, 0) is 4.74 Å². The van der Waals surface area contributed by atoms with Crippen LogP contribution in [0.15, 0.2) is 12.1 Å². The van der Waals surface area contributed by atoms with Crippen molar-refractivity contribution in [2.45, 2.75) is 19.9 Å². The van der Waals surface area contributed by atoms with Crippen molar-refractivity contribution in [3.05, 3.63) is 27.7 Å². The number of aromatic hydroxyl groups is 1. The zero-order valence-corrected chi connectivity index (χ0v) is 12.7. The minimum Gasteiger partial charge on any atom is -0.506 e. The molecule has 1 heterocycles. The summed E-state index contributed by atoms with van der Waals surface area (Å²) in [6.45, 7) is 4.10. The molecule has 0 aromatic heterocycles. The summed E-state index contributed by atoms with van der Waals surface area (Å²) in [5, 5.41) is 13.3. The maximum atomic E-state index is 11.3. The number of benzene rings is 1. The highest BCUT2D eigenvalue weighted by atomic mass is 35.5. The van der Waals surface area contributed by atoms with Crippen molar-refractivity contribution in [2.24, 2.45) is 5.41 Å². The standard InChI is InChI=1S/C12H13Cl2NO3.ClH/c1-12(2)5-18-11(17)15-10(12)7-3-6(13)4-8(14)9(7)16;/h3-4,10,16H,5H2,1-2H3,(H,15,17);1H/t10-;/m0./s1. The molecule has 0 spiro atoms. The van der Waals surface area contributed by atoms with E-state index in [0.717, 1.165) is 0 Å². The van der Waals surface area contributed by atoms with Crippen molar-refractivity contribution in [3.8, 4) is 5.75 Å².